The molecule has 0 spiro atoms. The Bertz CT molecular complexity index is 872. The van der Waals surface area contributed by atoms with Crippen molar-refractivity contribution < 1.29 is 17.4 Å². The Balaban J connectivity index is 2.25. The SMILES string of the molecule is Cc1ccc(NC(=O)C(C)(C)C(OS(=O)(=O)c2ccccc2)C(C)C)cc1. The van der Waals surface area contributed by atoms with Gasteiger partial charge >= 0.3 is 0 Å². The number of aryl methyl sites for hydroxylation is 1. The second kappa shape index (κ2) is 8.23. The summed E-state index contributed by atoms with van der Waals surface area (Å²) >= 11 is 0. The first kappa shape index (κ1) is 21.1. The number of carbonyl (C=O) groups excluding carboxylic acids is 1. The lowest BCUT2D eigenvalue weighted by Gasteiger charge is -2.34. The molecule has 0 aliphatic heterocycles. The highest BCUT2D eigenvalue weighted by molar-refractivity contribution is 7.86. The van der Waals surface area contributed by atoms with Gasteiger partial charge in [-0.1, -0.05) is 49.7 Å². The highest BCUT2D eigenvalue weighted by atomic mass is 32.2. The van der Waals surface area contributed by atoms with Gasteiger partial charge in [-0.3, -0.25) is 8.98 Å². The molecule has 27 heavy (non-hydrogen) atoms. The zero-order valence-corrected chi connectivity index (χ0v) is 17.2. The summed E-state index contributed by atoms with van der Waals surface area (Å²) < 4.78 is 30.9. The van der Waals surface area contributed by atoms with E-state index < -0.39 is 21.6 Å². The number of benzene rings is 2. The van der Waals surface area contributed by atoms with Crippen LogP contribution in [0.3, 0.4) is 0 Å². The van der Waals surface area contributed by atoms with Crippen molar-refractivity contribution in [2.75, 3.05) is 5.32 Å². The summed E-state index contributed by atoms with van der Waals surface area (Å²) in [4.78, 5) is 13.0. The van der Waals surface area contributed by atoms with Crippen LogP contribution in [0, 0.1) is 18.3 Å². The summed E-state index contributed by atoms with van der Waals surface area (Å²) in [6, 6.07) is 15.4. The Hall–Kier alpha value is -2.18. The van der Waals surface area contributed by atoms with Crippen molar-refractivity contribution in [1.82, 2.24) is 0 Å². The normalized spacial score (nSPS) is 13.4. The zero-order chi connectivity index (χ0) is 20.2. The third kappa shape index (κ3) is 5.17. The quantitative estimate of drug-likeness (QED) is 0.713. The Morgan fingerprint density at radius 1 is 1.00 bits per heavy atom. The maximum absolute atomic E-state index is 12.9. The van der Waals surface area contributed by atoms with Crippen molar-refractivity contribution in [2.45, 2.75) is 45.6 Å². The van der Waals surface area contributed by atoms with Gasteiger partial charge in [0.15, 0.2) is 0 Å². The number of hydrogen-bond donors (Lipinski definition) is 1. The first-order valence-electron chi connectivity index (χ1n) is 8.90. The van der Waals surface area contributed by atoms with Gasteiger partial charge in [-0.25, -0.2) is 0 Å². The average Bonchev–Trinajstić information content (AvgIpc) is 2.62. The second-order valence-corrected chi connectivity index (χ2v) is 9.14. The summed E-state index contributed by atoms with van der Waals surface area (Å²) in [5, 5.41) is 2.86. The van der Waals surface area contributed by atoms with E-state index in [4.69, 9.17) is 4.18 Å². The molecule has 5 nitrogen and oxygen atoms in total. The van der Waals surface area contributed by atoms with Crippen molar-refractivity contribution in [3.8, 4) is 0 Å². The Morgan fingerprint density at radius 3 is 2.07 bits per heavy atom. The molecule has 6 heteroatoms. The number of nitrogens with one attached hydrogen (secondary N) is 1. The van der Waals surface area contributed by atoms with Crippen molar-refractivity contribution in [3.05, 3.63) is 60.2 Å². The molecule has 0 saturated heterocycles. The van der Waals surface area contributed by atoms with Gasteiger partial charge in [0.25, 0.3) is 10.1 Å². The van der Waals surface area contributed by atoms with Crippen LogP contribution in [-0.4, -0.2) is 20.4 Å². The first-order valence-corrected chi connectivity index (χ1v) is 10.3. The van der Waals surface area contributed by atoms with Gasteiger partial charge in [0.2, 0.25) is 5.91 Å². The minimum absolute atomic E-state index is 0.0744. The van der Waals surface area contributed by atoms with Gasteiger partial charge in [-0.15, -0.1) is 0 Å². The topological polar surface area (TPSA) is 72.5 Å². The summed E-state index contributed by atoms with van der Waals surface area (Å²) in [7, 11) is -3.98. The third-order valence-corrected chi connectivity index (χ3v) is 5.78. The third-order valence-electron chi connectivity index (χ3n) is 4.47. The van der Waals surface area contributed by atoms with Crippen LogP contribution in [0.5, 0.6) is 0 Å². The molecule has 146 valence electrons. The number of carbonyl (C=O) groups is 1. The van der Waals surface area contributed by atoms with Crippen LogP contribution in [0.2, 0.25) is 0 Å². The minimum Gasteiger partial charge on any atom is -0.326 e. The molecule has 0 heterocycles. The largest absolute Gasteiger partial charge is 0.326 e. The van der Waals surface area contributed by atoms with E-state index in [9.17, 15) is 13.2 Å². The van der Waals surface area contributed by atoms with E-state index in [1.165, 1.54) is 12.1 Å². The van der Waals surface area contributed by atoms with Gasteiger partial charge in [-0.2, -0.15) is 8.42 Å². The summed E-state index contributed by atoms with van der Waals surface area (Å²) in [6.45, 7) is 9.04. The summed E-state index contributed by atoms with van der Waals surface area (Å²) in [5.74, 6) is -0.490. The predicted molar refractivity (Wildman–Crippen MR) is 107 cm³/mol. The molecular formula is C21H27NO4S. The van der Waals surface area contributed by atoms with Gasteiger partial charge in [-0.05, 0) is 51.0 Å². The van der Waals surface area contributed by atoms with Gasteiger partial charge in [0, 0.05) is 5.69 Å². The van der Waals surface area contributed by atoms with E-state index in [1.54, 1.807) is 32.0 Å². The molecule has 0 aliphatic rings. The maximum Gasteiger partial charge on any atom is 0.297 e. The molecule has 2 aromatic carbocycles. The molecule has 2 aromatic rings. The van der Waals surface area contributed by atoms with E-state index in [1.807, 2.05) is 45.0 Å². The Morgan fingerprint density at radius 2 is 1.56 bits per heavy atom. The first-order chi connectivity index (χ1) is 12.5. The second-order valence-electron chi connectivity index (χ2n) is 7.57. The van der Waals surface area contributed by atoms with E-state index in [0.29, 0.717) is 5.69 Å². The van der Waals surface area contributed by atoms with E-state index >= 15 is 0 Å². The van der Waals surface area contributed by atoms with Crippen LogP contribution >= 0.6 is 0 Å². The van der Waals surface area contributed by atoms with Crippen LogP contribution in [0.25, 0.3) is 0 Å². The number of hydrogen-bond acceptors (Lipinski definition) is 4. The van der Waals surface area contributed by atoms with Crippen LogP contribution in [0.4, 0.5) is 5.69 Å². The highest BCUT2D eigenvalue weighted by Crippen LogP contribution is 2.33. The van der Waals surface area contributed by atoms with E-state index in [-0.39, 0.29) is 16.7 Å². The van der Waals surface area contributed by atoms with Crippen LogP contribution in [0.15, 0.2) is 59.5 Å². The van der Waals surface area contributed by atoms with Crippen molar-refractivity contribution in [1.29, 1.82) is 0 Å². The number of anilines is 1. The molecule has 0 saturated carbocycles. The monoisotopic (exact) mass is 389 g/mol. The molecule has 1 unspecified atom stereocenters. The maximum atomic E-state index is 12.9. The molecule has 0 aliphatic carbocycles. The van der Waals surface area contributed by atoms with Crippen molar-refractivity contribution in [2.24, 2.45) is 11.3 Å². The molecule has 0 fully saturated rings. The van der Waals surface area contributed by atoms with Crippen molar-refractivity contribution in [3.63, 3.8) is 0 Å². The van der Waals surface area contributed by atoms with Gasteiger partial charge in [0.1, 0.15) is 0 Å². The molecule has 0 radical (unpaired) electrons. The standard InChI is InChI=1S/C21H27NO4S/c1-15(2)19(26-27(24,25)18-9-7-6-8-10-18)21(4,5)20(23)22-17-13-11-16(3)12-14-17/h6-15,19H,1-5H3,(H,22,23). The van der Waals surface area contributed by atoms with Crippen LogP contribution < -0.4 is 5.32 Å². The van der Waals surface area contributed by atoms with Crippen LogP contribution in [-0.2, 0) is 19.1 Å². The van der Waals surface area contributed by atoms with Crippen molar-refractivity contribution >= 4 is 21.7 Å². The molecule has 0 aromatic heterocycles. The lowest BCUT2D eigenvalue weighted by Crippen LogP contribution is -2.46. The van der Waals surface area contributed by atoms with E-state index in [2.05, 4.69) is 5.32 Å². The molecule has 1 N–H and O–H groups in total. The smallest absolute Gasteiger partial charge is 0.297 e. The summed E-state index contributed by atoms with van der Waals surface area (Å²) in [6.07, 6.45) is -0.826. The molecule has 1 amide bonds. The number of rotatable bonds is 7. The molecular weight excluding hydrogens is 362 g/mol. The fraction of sp³-hybridized carbons (Fsp3) is 0.381. The Labute approximate surface area is 161 Å². The molecule has 1 atom stereocenters. The van der Waals surface area contributed by atoms with E-state index in [0.717, 1.165) is 5.56 Å². The lowest BCUT2D eigenvalue weighted by atomic mass is 9.80. The Kier molecular flexibility index (Phi) is 6.44. The fourth-order valence-corrected chi connectivity index (χ4v) is 4.24. The molecule has 0 bridgehead atoms. The predicted octanol–water partition coefficient (Wildman–Crippen LogP) is 4.39. The fourth-order valence-electron chi connectivity index (χ4n) is 2.90. The van der Waals surface area contributed by atoms with Crippen LogP contribution in [0.1, 0.15) is 33.3 Å². The summed E-state index contributed by atoms with van der Waals surface area (Å²) in [5.41, 5.74) is 0.678. The zero-order valence-electron chi connectivity index (χ0n) is 16.4. The number of amides is 1. The van der Waals surface area contributed by atoms with Gasteiger partial charge < -0.3 is 5.32 Å². The minimum atomic E-state index is -3.98. The lowest BCUT2D eigenvalue weighted by molar-refractivity contribution is -0.130. The van der Waals surface area contributed by atoms with Gasteiger partial charge in [0.05, 0.1) is 16.4 Å². The average molecular weight is 390 g/mol. The molecule has 2 rings (SSSR count). The highest BCUT2D eigenvalue weighted by Gasteiger charge is 2.42.